The van der Waals surface area contributed by atoms with Crippen LogP contribution in [-0.4, -0.2) is 56.3 Å². The number of likely N-dealkylation sites (tertiary alicyclic amines) is 1. The van der Waals surface area contributed by atoms with Gasteiger partial charge in [0.15, 0.2) is 0 Å². The number of thioether (sulfide) groups is 1. The van der Waals surface area contributed by atoms with Crippen molar-refractivity contribution >= 4 is 39.2 Å². The van der Waals surface area contributed by atoms with Crippen LogP contribution in [0.25, 0.3) is 10.2 Å². The summed E-state index contributed by atoms with van der Waals surface area (Å²) in [6.45, 7) is 0.862. The second kappa shape index (κ2) is 8.84. The van der Waals surface area contributed by atoms with Crippen LogP contribution in [0.1, 0.15) is 40.5 Å². The topological polar surface area (TPSA) is 79.2 Å². The third-order valence-electron chi connectivity index (χ3n) is 6.33. The van der Waals surface area contributed by atoms with Crippen molar-refractivity contribution in [1.82, 2.24) is 19.9 Å². The third kappa shape index (κ3) is 4.61. The first-order valence-corrected chi connectivity index (χ1v) is 12.8. The van der Waals surface area contributed by atoms with Gasteiger partial charge in [0.25, 0.3) is 5.91 Å². The number of aliphatic hydroxyl groups is 1. The normalized spacial score (nSPS) is 21.5. The molecular weight excluding hydrogens is 428 g/mol. The molecule has 1 amide bonds. The molecule has 1 aliphatic carbocycles. The van der Waals surface area contributed by atoms with Crippen molar-refractivity contribution in [2.24, 2.45) is 11.8 Å². The number of rotatable bonds is 6. The molecule has 2 aromatic heterocycles. The van der Waals surface area contributed by atoms with Crippen LogP contribution in [-0.2, 0) is 12.8 Å². The Bertz CT molecular complexity index is 1080. The van der Waals surface area contributed by atoms with Crippen molar-refractivity contribution in [3.8, 4) is 0 Å². The van der Waals surface area contributed by atoms with Crippen LogP contribution >= 0.6 is 23.1 Å². The number of hydrogen-bond donors (Lipinski definition) is 1. The number of aromatic nitrogens is 3. The molecule has 31 heavy (non-hydrogen) atoms. The third-order valence-corrected chi connectivity index (χ3v) is 8.05. The molecule has 162 valence electrons. The summed E-state index contributed by atoms with van der Waals surface area (Å²) in [6, 6.07) is 5.76. The predicted molar refractivity (Wildman–Crippen MR) is 124 cm³/mol. The number of β-amino-alcohol motifs (C(OH)–C–C–N with tert-alkyl or cyclic N) is 1. The van der Waals surface area contributed by atoms with E-state index in [1.807, 2.05) is 36.8 Å². The number of fused-ring (bicyclic) bond motifs is 1. The number of thiazole rings is 1. The van der Waals surface area contributed by atoms with Crippen LogP contribution < -0.4 is 0 Å². The zero-order chi connectivity index (χ0) is 21.4. The van der Waals surface area contributed by atoms with Crippen LogP contribution in [0.3, 0.4) is 0 Å². The summed E-state index contributed by atoms with van der Waals surface area (Å²) < 4.78 is 1.07. The van der Waals surface area contributed by atoms with E-state index in [2.05, 4.69) is 9.97 Å². The zero-order valence-electron chi connectivity index (χ0n) is 17.5. The molecule has 1 aromatic carbocycles. The second-order valence-corrected chi connectivity index (χ2v) is 10.6. The van der Waals surface area contributed by atoms with Gasteiger partial charge in [0.2, 0.25) is 0 Å². The summed E-state index contributed by atoms with van der Waals surface area (Å²) in [4.78, 5) is 29.2. The quantitative estimate of drug-likeness (QED) is 0.571. The molecule has 1 N–H and O–H groups in total. The van der Waals surface area contributed by atoms with Crippen LogP contribution in [0.2, 0.25) is 0 Å². The van der Waals surface area contributed by atoms with E-state index in [0.717, 1.165) is 38.8 Å². The minimum Gasteiger partial charge on any atom is -0.389 e. The molecule has 8 heteroatoms. The van der Waals surface area contributed by atoms with E-state index in [1.54, 1.807) is 28.0 Å². The molecule has 0 spiro atoms. The Hall–Kier alpha value is -2.03. The number of carbonyl (C=O) groups is 1. The van der Waals surface area contributed by atoms with Crippen LogP contribution in [0.4, 0.5) is 0 Å². The first kappa shape index (κ1) is 20.8. The SMILES string of the molecule is CSc1cnc(C[C@H]2CC[C@H](Cc3nc4ccc(C(=O)N5CC(O)C5)cc4s3)C2)nc1. The molecule has 6 nitrogen and oxygen atoms in total. The molecule has 5 rings (SSSR count). The Labute approximate surface area is 190 Å². The predicted octanol–water partition coefficient (Wildman–Crippen LogP) is 3.83. The maximum Gasteiger partial charge on any atom is 0.254 e. The van der Waals surface area contributed by atoms with Gasteiger partial charge in [-0.05, 0) is 55.6 Å². The number of hydrogen-bond acceptors (Lipinski definition) is 7. The highest BCUT2D eigenvalue weighted by Gasteiger charge is 2.30. The lowest BCUT2D eigenvalue weighted by atomic mass is 9.99. The molecule has 1 aliphatic heterocycles. The minimum absolute atomic E-state index is 0.00596. The molecule has 1 saturated heterocycles. The lowest BCUT2D eigenvalue weighted by molar-refractivity contribution is 0.00591. The largest absolute Gasteiger partial charge is 0.389 e. The molecule has 0 unspecified atom stereocenters. The fraction of sp³-hybridized carbons (Fsp3) is 0.478. The van der Waals surface area contributed by atoms with E-state index >= 15 is 0 Å². The summed E-state index contributed by atoms with van der Waals surface area (Å²) in [6.07, 6.45) is 11.1. The average molecular weight is 455 g/mol. The van der Waals surface area contributed by atoms with Gasteiger partial charge in [-0.25, -0.2) is 15.0 Å². The van der Waals surface area contributed by atoms with E-state index in [9.17, 15) is 9.90 Å². The van der Waals surface area contributed by atoms with E-state index in [4.69, 9.17) is 4.98 Å². The van der Waals surface area contributed by atoms with Crippen molar-refractivity contribution < 1.29 is 9.90 Å². The highest BCUT2D eigenvalue weighted by molar-refractivity contribution is 7.98. The summed E-state index contributed by atoms with van der Waals surface area (Å²) in [5.74, 6) is 2.25. The number of amides is 1. The lowest BCUT2D eigenvalue weighted by Gasteiger charge is -2.35. The molecule has 2 atom stereocenters. The second-order valence-electron chi connectivity index (χ2n) is 8.65. The Kier molecular flexibility index (Phi) is 5.95. The number of aliphatic hydroxyl groups excluding tert-OH is 1. The highest BCUT2D eigenvalue weighted by atomic mass is 32.2. The summed E-state index contributed by atoms with van der Waals surface area (Å²) in [7, 11) is 0. The minimum atomic E-state index is -0.376. The lowest BCUT2D eigenvalue weighted by Crippen LogP contribution is -2.53. The Morgan fingerprint density at radius 1 is 1.19 bits per heavy atom. The zero-order valence-corrected chi connectivity index (χ0v) is 19.2. The van der Waals surface area contributed by atoms with E-state index in [0.29, 0.717) is 30.5 Å². The molecule has 3 aromatic rings. The number of carbonyl (C=O) groups excluding carboxylic acids is 1. The maximum atomic E-state index is 12.5. The van der Waals surface area contributed by atoms with Gasteiger partial charge in [0, 0.05) is 48.8 Å². The average Bonchev–Trinajstić information content (AvgIpc) is 3.37. The fourth-order valence-corrected chi connectivity index (χ4v) is 6.04. The fourth-order valence-electron chi connectivity index (χ4n) is 4.60. The Balaban J connectivity index is 1.20. The van der Waals surface area contributed by atoms with E-state index < -0.39 is 0 Å². The summed E-state index contributed by atoms with van der Waals surface area (Å²) in [5.41, 5.74) is 1.65. The van der Waals surface area contributed by atoms with Gasteiger partial charge in [0.05, 0.1) is 21.3 Å². The van der Waals surface area contributed by atoms with E-state index in [1.165, 1.54) is 19.3 Å². The molecule has 1 saturated carbocycles. The van der Waals surface area contributed by atoms with Crippen molar-refractivity contribution in [2.75, 3.05) is 19.3 Å². The Morgan fingerprint density at radius 3 is 2.65 bits per heavy atom. The van der Waals surface area contributed by atoms with Crippen LogP contribution in [0.5, 0.6) is 0 Å². The van der Waals surface area contributed by atoms with Gasteiger partial charge in [-0.15, -0.1) is 23.1 Å². The van der Waals surface area contributed by atoms with Crippen molar-refractivity contribution in [2.45, 2.75) is 43.1 Å². The first-order valence-electron chi connectivity index (χ1n) is 10.8. The summed E-state index contributed by atoms with van der Waals surface area (Å²) in [5, 5.41) is 10.6. The molecular formula is C23H26N4O2S2. The van der Waals surface area contributed by atoms with Gasteiger partial charge in [-0.1, -0.05) is 0 Å². The number of benzene rings is 1. The molecule has 2 fully saturated rings. The van der Waals surface area contributed by atoms with Crippen LogP contribution in [0.15, 0.2) is 35.5 Å². The van der Waals surface area contributed by atoms with Gasteiger partial charge in [0.1, 0.15) is 5.82 Å². The standard InChI is InChI=1S/C23H26N4O2S2/c1-30-18-10-24-21(25-11-18)7-14-2-3-15(6-14)8-22-26-19-5-4-16(9-20(19)31-22)23(29)27-12-17(28)13-27/h4-5,9-11,14-15,17,28H,2-3,6-8,12-13H2,1H3/t14-,15-/m0/s1. The van der Waals surface area contributed by atoms with Crippen molar-refractivity contribution in [3.63, 3.8) is 0 Å². The molecule has 2 aliphatic rings. The van der Waals surface area contributed by atoms with Crippen LogP contribution in [0, 0.1) is 11.8 Å². The molecule has 3 heterocycles. The maximum absolute atomic E-state index is 12.5. The van der Waals surface area contributed by atoms with E-state index in [-0.39, 0.29) is 12.0 Å². The van der Waals surface area contributed by atoms with Crippen molar-refractivity contribution in [3.05, 3.63) is 47.0 Å². The molecule has 0 radical (unpaired) electrons. The molecule has 0 bridgehead atoms. The van der Waals surface area contributed by atoms with Gasteiger partial charge in [-0.3, -0.25) is 4.79 Å². The van der Waals surface area contributed by atoms with Crippen molar-refractivity contribution in [1.29, 1.82) is 0 Å². The Morgan fingerprint density at radius 2 is 1.94 bits per heavy atom. The van der Waals surface area contributed by atoms with Gasteiger partial charge >= 0.3 is 0 Å². The van der Waals surface area contributed by atoms with Gasteiger partial charge < -0.3 is 10.0 Å². The van der Waals surface area contributed by atoms with Gasteiger partial charge in [-0.2, -0.15) is 0 Å². The monoisotopic (exact) mass is 454 g/mol. The number of nitrogens with zero attached hydrogens (tertiary/aromatic N) is 4. The smallest absolute Gasteiger partial charge is 0.254 e. The summed E-state index contributed by atoms with van der Waals surface area (Å²) >= 11 is 3.37. The first-order chi connectivity index (χ1) is 15.1. The highest BCUT2D eigenvalue weighted by Crippen LogP contribution is 2.36.